The summed E-state index contributed by atoms with van der Waals surface area (Å²) in [5, 5.41) is 11.1. The molecule has 27 heavy (non-hydrogen) atoms. The number of nitrogens with zero attached hydrogens (tertiary/aromatic N) is 4. The lowest BCUT2D eigenvalue weighted by Crippen LogP contribution is -2.52. The molecule has 0 spiro atoms. The first-order valence-electron chi connectivity index (χ1n) is 8.50. The minimum Gasteiger partial charge on any atom is -0.343 e. The summed E-state index contributed by atoms with van der Waals surface area (Å²) >= 11 is 0. The third-order valence-corrected chi connectivity index (χ3v) is 3.67. The van der Waals surface area contributed by atoms with E-state index in [1.54, 1.807) is 0 Å². The van der Waals surface area contributed by atoms with Crippen LogP contribution in [0.4, 0.5) is 13.2 Å². The van der Waals surface area contributed by atoms with Crippen LogP contribution < -0.4 is 5.32 Å². The Morgan fingerprint density at radius 3 is 2.33 bits per heavy atom. The SMILES string of the molecule is CC.N#Cc1ccc(C(=O)NCC(=O)N2CCN(CC(F)(F)F)CC2)cn1. The number of carbonyl (C=O) groups excluding carboxylic acids is 2. The molecule has 1 aliphatic rings. The molecule has 0 radical (unpaired) electrons. The van der Waals surface area contributed by atoms with E-state index in [0.717, 1.165) is 0 Å². The zero-order valence-corrected chi connectivity index (χ0v) is 15.2. The lowest BCUT2D eigenvalue weighted by atomic mass is 10.2. The molecule has 0 bridgehead atoms. The number of piperazine rings is 1. The molecular weight excluding hydrogens is 363 g/mol. The van der Waals surface area contributed by atoms with Gasteiger partial charge in [-0.3, -0.25) is 14.5 Å². The Kier molecular flexibility index (Phi) is 8.68. The van der Waals surface area contributed by atoms with Gasteiger partial charge in [0.05, 0.1) is 18.7 Å². The van der Waals surface area contributed by atoms with Gasteiger partial charge in [-0.1, -0.05) is 13.8 Å². The number of rotatable bonds is 4. The number of alkyl halides is 3. The molecule has 0 aromatic carbocycles. The van der Waals surface area contributed by atoms with Crippen molar-refractivity contribution < 1.29 is 22.8 Å². The average Bonchev–Trinajstić information content (AvgIpc) is 2.67. The monoisotopic (exact) mass is 385 g/mol. The zero-order chi connectivity index (χ0) is 20.4. The summed E-state index contributed by atoms with van der Waals surface area (Å²) < 4.78 is 37.0. The van der Waals surface area contributed by atoms with Crippen LogP contribution in [-0.4, -0.2) is 72.0 Å². The Hall–Kier alpha value is -2.67. The molecule has 2 rings (SSSR count). The third-order valence-electron chi connectivity index (χ3n) is 3.67. The van der Waals surface area contributed by atoms with E-state index in [9.17, 15) is 22.8 Å². The molecule has 1 fully saturated rings. The summed E-state index contributed by atoms with van der Waals surface area (Å²) in [5.74, 6) is -0.873. The lowest BCUT2D eigenvalue weighted by Gasteiger charge is -2.35. The smallest absolute Gasteiger partial charge is 0.343 e. The quantitative estimate of drug-likeness (QED) is 0.847. The number of hydrogen-bond acceptors (Lipinski definition) is 5. The Labute approximate surface area is 155 Å². The molecule has 1 aromatic rings. The summed E-state index contributed by atoms with van der Waals surface area (Å²) in [7, 11) is 0. The molecule has 0 atom stereocenters. The number of halogens is 3. The maximum atomic E-state index is 12.3. The van der Waals surface area contributed by atoms with Crippen LogP contribution in [0, 0.1) is 11.3 Å². The molecule has 1 N–H and O–H groups in total. The van der Waals surface area contributed by atoms with Crippen molar-refractivity contribution in [3.63, 3.8) is 0 Å². The van der Waals surface area contributed by atoms with Crippen LogP contribution in [0.25, 0.3) is 0 Å². The van der Waals surface area contributed by atoms with E-state index in [1.807, 2.05) is 19.9 Å². The van der Waals surface area contributed by atoms with E-state index >= 15 is 0 Å². The summed E-state index contributed by atoms with van der Waals surface area (Å²) in [6.07, 6.45) is -3.02. The van der Waals surface area contributed by atoms with Gasteiger partial charge in [-0.15, -0.1) is 0 Å². The van der Waals surface area contributed by atoms with Crippen molar-refractivity contribution >= 4 is 11.8 Å². The number of nitriles is 1. The summed E-state index contributed by atoms with van der Waals surface area (Å²) in [4.78, 5) is 30.4. The Morgan fingerprint density at radius 2 is 1.85 bits per heavy atom. The van der Waals surface area contributed by atoms with Crippen LogP contribution in [0.1, 0.15) is 29.9 Å². The van der Waals surface area contributed by atoms with E-state index < -0.39 is 18.6 Å². The first kappa shape index (κ1) is 22.4. The fourth-order valence-electron chi connectivity index (χ4n) is 2.37. The van der Waals surface area contributed by atoms with E-state index in [4.69, 9.17) is 5.26 Å². The van der Waals surface area contributed by atoms with Gasteiger partial charge in [-0.2, -0.15) is 18.4 Å². The van der Waals surface area contributed by atoms with Crippen molar-refractivity contribution in [2.75, 3.05) is 39.3 Å². The first-order valence-corrected chi connectivity index (χ1v) is 8.50. The molecule has 0 aliphatic carbocycles. The second-order valence-corrected chi connectivity index (χ2v) is 5.50. The third kappa shape index (κ3) is 7.62. The largest absolute Gasteiger partial charge is 0.401 e. The normalized spacial score (nSPS) is 14.6. The summed E-state index contributed by atoms with van der Waals surface area (Å²) in [6.45, 7) is 3.40. The summed E-state index contributed by atoms with van der Waals surface area (Å²) in [6, 6.07) is 4.63. The number of hydrogen-bond donors (Lipinski definition) is 1. The number of aromatic nitrogens is 1. The lowest BCUT2D eigenvalue weighted by molar-refractivity contribution is -0.151. The van der Waals surface area contributed by atoms with Crippen molar-refractivity contribution in [2.45, 2.75) is 20.0 Å². The van der Waals surface area contributed by atoms with Gasteiger partial charge in [0.15, 0.2) is 0 Å². The molecular formula is C17H22F3N5O2. The van der Waals surface area contributed by atoms with Crippen molar-refractivity contribution in [3.8, 4) is 6.07 Å². The Bertz CT molecular complexity index is 663. The average molecular weight is 385 g/mol. The van der Waals surface area contributed by atoms with Crippen LogP contribution in [0.15, 0.2) is 18.3 Å². The standard InChI is InChI=1S/C15H16F3N5O2.C2H6/c16-15(17,18)10-22-3-5-23(6-4-22)13(24)9-21-14(25)11-1-2-12(7-19)20-8-11;1-2/h1-2,8H,3-6,9-10H2,(H,21,25);1-2H3. The predicted octanol–water partition coefficient (Wildman–Crippen LogP) is 1.42. The Morgan fingerprint density at radius 1 is 1.22 bits per heavy atom. The molecule has 148 valence electrons. The molecule has 1 aliphatic heterocycles. The second-order valence-electron chi connectivity index (χ2n) is 5.50. The van der Waals surface area contributed by atoms with Gasteiger partial charge in [0.1, 0.15) is 11.8 Å². The van der Waals surface area contributed by atoms with Crippen LogP contribution in [-0.2, 0) is 4.79 Å². The topological polar surface area (TPSA) is 89.3 Å². The number of pyridine rings is 1. The van der Waals surface area contributed by atoms with Gasteiger partial charge >= 0.3 is 6.18 Å². The van der Waals surface area contributed by atoms with Crippen molar-refractivity contribution in [1.82, 2.24) is 20.1 Å². The van der Waals surface area contributed by atoms with Gasteiger partial charge in [-0.05, 0) is 12.1 Å². The van der Waals surface area contributed by atoms with Crippen LogP contribution >= 0.6 is 0 Å². The minimum atomic E-state index is -4.25. The molecule has 0 unspecified atom stereocenters. The zero-order valence-electron chi connectivity index (χ0n) is 15.2. The van der Waals surface area contributed by atoms with Gasteiger partial charge in [0.25, 0.3) is 5.91 Å². The molecule has 0 saturated carbocycles. The van der Waals surface area contributed by atoms with Crippen LogP contribution in [0.3, 0.4) is 0 Å². The van der Waals surface area contributed by atoms with Gasteiger partial charge in [0, 0.05) is 32.4 Å². The van der Waals surface area contributed by atoms with Crippen molar-refractivity contribution in [2.24, 2.45) is 0 Å². The van der Waals surface area contributed by atoms with Crippen molar-refractivity contribution in [1.29, 1.82) is 5.26 Å². The highest BCUT2D eigenvalue weighted by Crippen LogP contribution is 2.17. The second kappa shape index (κ2) is 10.5. The fraction of sp³-hybridized carbons (Fsp3) is 0.529. The van der Waals surface area contributed by atoms with Crippen LogP contribution in [0.2, 0.25) is 0 Å². The molecule has 2 heterocycles. The van der Waals surface area contributed by atoms with E-state index in [0.29, 0.717) is 0 Å². The van der Waals surface area contributed by atoms with Gasteiger partial charge in [-0.25, -0.2) is 4.98 Å². The number of nitrogens with one attached hydrogen (secondary N) is 1. The number of carbonyl (C=O) groups is 2. The van der Waals surface area contributed by atoms with Crippen LogP contribution in [0.5, 0.6) is 0 Å². The van der Waals surface area contributed by atoms with Gasteiger partial charge < -0.3 is 10.2 Å². The fourth-order valence-corrected chi connectivity index (χ4v) is 2.37. The van der Waals surface area contributed by atoms with E-state index in [1.165, 1.54) is 28.1 Å². The van der Waals surface area contributed by atoms with Gasteiger partial charge in [0.2, 0.25) is 5.91 Å². The van der Waals surface area contributed by atoms with E-state index in [-0.39, 0.29) is 49.9 Å². The van der Waals surface area contributed by atoms with Crippen molar-refractivity contribution in [3.05, 3.63) is 29.6 Å². The highest BCUT2D eigenvalue weighted by molar-refractivity contribution is 5.96. The molecule has 1 aromatic heterocycles. The molecule has 2 amide bonds. The first-order chi connectivity index (χ1) is 12.8. The molecule has 7 nitrogen and oxygen atoms in total. The summed E-state index contributed by atoms with van der Waals surface area (Å²) in [5.41, 5.74) is 0.381. The maximum Gasteiger partial charge on any atom is 0.401 e. The Balaban J connectivity index is 0.00000176. The molecule has 10 heteroatoms. The highest BCUT2D eigenvalue weighted by Gasteiger charge is 2.32. The molecule has 1 saturated heterocycles. The maximum absolute atomic E-state index is 12.3. The minimum absolute atomic E-state index is 0.138. The predicted molar refractivity (Wildman–Crippen MR) is 91.7 cm³/mol. The highest BCUT2D eigenvalue weighted by atomic mass is 19.4. The number of amides is 2. The van der Waals surface area contributed by atoms with E-state index in [2.05, 4.69) is 10.3 Å².